The number of esters is 2. The fourth-order valence-corrected chi connectivity index (χ4v) is 3.92. The maximum Gasteiger partial charge on any atom is 0.338 e. The zero-order valence-electron chi connectivity index (χ0n) is 22.1. The first kappa shape index (κ1) is 27.6. The SMILES string of the molecule is C=C(C)C(=O)Oc1ccc(-c2ccc(-c3ccc(C(OC(=O)C(=C)C)C(C)(C)O)cc3)cc2CC)cc1. The molecule has 0 bridgehead atoms. The van der Waals surface area contributed by atoms with E-state index in [0.717, 1.165) is 28.7 Å². The highest BCUT2D eigenvalue weighted by atomic mass is 16.6. The molecule has 37 heavy (non-hydrogen) atoms. The van der Waals surface area contributed by atoms with Crippen LogP contribution in [0.2, 0.25) is 0 Å². The summed E-state index contributed by atoms with van der Waals surface area (Å²) in [5.74, 6) is -0.508. The summed E-state index contributed by atoms with van der Waals surface area (Å²) < 4.78 is 10.8. The predicted octanol–water partition coefficient (Wildman–Crippen LogP) is 7.00. The average molecular weight is 499 g/mol. The smallest absolute Gasteiger partial charge is 0.338 e. The molecular weight excluding hydrogens is 464 g/mol. The molecule has 0 radical (unpaired) electrons. The molecule has 0 aliphatic rings. The minimum absolute atomic E-state index is 0.278. The second kappa shape index (κ2) is 11.4. The minimum atomic E-state index is -1.26. The standard InChI is InChI=1S/C32H34O5/c1-8-22-19-26(15-18-28(22)24-13-16-27(17-14-24)36-30(33)20(2)3)23-9-11-25(12-10-23)29(32(6,7)35)37-31(34)21(4)5/h9-19,29,35H,2,4,8H2,1,3,5-7H3. The molecule has 1 N–H and O–H groups in total. The van der Waals surface area contributed by atoms with E-state index in [1.165, 1.54) is 5.56 Å². The molecule has 5 heteroatoms. The maximum absolute atomic E-state index is 12.1. The van der Waals surface area contributed by atoms with Crippen molar-refractivity contribution in [1.29, 1.82) is 0 Å². The van der Waals surface area contributed by atoms with Gasteiger partial charge in [0.2, 0.25) is 0 Å². The van der Waals surface area contributed by atoms with Gasteiger partial charge < -0.3 is 14.6 Å². The summed E-state index contributed by atoms with van der Waals surface area (Å²) in [6.07, 6.45) is 0.0163. The zero-order chi connectivity index (χ0) is 27.3. The van der Waals surface area contributed by atoms with Crippen molar-refractivity contribution >= 4 is 11.9 Å². The molecule has 0 aromatic heterocycles. The van der Waals surface area contributed by atoms with E-state index in [9.17, 15) is 14.7 Å². The first-order valence-electron chi connectivity index (χ1n) is 12.2. The number of aliphatic hydroxyl groups is 1. The van der Waals surface area contributed by atoms with E-state index in [0.29, 0.717) is 16.9 Å². The predicted molar refractivity (Wildman–Crippen MR) is 147 cm³/mol. The van der Waals surface area contributed by atoms with E-state index in [4.69, 9.17) is 9.47 Å². The highest BCUT2D eigenvalue weighted by molar-refractivity contribution is 5.89. The number of aryl methyl sites for hydroxylation is 1. The largest absolute Gasteiger partial charge is 0.451 e. The molecule has 0 heterocycles. The Kier molecular flexibility index (Phi) is 8.51. The van der Waals surface area contributed by atoms with Crippen LogP contribution in [0.3, 0.4) is 0 Å². The summed E-state index contributed by atoms with van der Waals surface area (Å²) in [4.78, 5) is 23.9. The van der Waals surface area contributed by atoms with Crippen molar-refractivity contribution in [2.24, 2.45) is 0 Å². The first-order valence-corrected chi connectivity index (χ1v) is 12.2. The lowest BCUT2D eigenvalue weighted by Gasteiger charge is -2.29. The molecule has 0 aliphatic carbocycles. The lowest BCUT2D eigenvalue weighted by molar-refractivity contribution is -0.158. The third-order valence-electron chi connectivity index (χ3n) is 5.97. The van der Waals surface area contributed by atoms with Crippen molar-refractivity contribution < 1.29 is 24.2 Å². The molecule has 3 aromatic carbocycles. The minimum Gasteiger partial charge on any atom is -0.451 e. The van der Waals surface area contributed by atoms with E-state index < -0.39 is 23.6 Å². The van der Waals surface area contributed by atoms with Crippen molar-refractivity contribution in [2.45, 2.75) is 52.7 Å². The van der Waals surface area contributed by atoms with E-state index in [2.05, 4.69) is 38.3 Å². The summed E-state index contributed by atoms with van der Waals surface area (Å²) in [5.41, 5.74) is 5.44. The van der Waals surface area contributed by atoms with E-state index in [1.807, 2.05) is 36.4 Å². The summed E-state index contributed by atoms with van der Waals surface area (Å²) in [7, 11) is 0. The molecule has 0 fully saturated rings. The molecule has 3 rings (SSSR count). The number of ether oxygens (including phenoxy) is 2. The van der Waals surface area contributed by atoms with Crippen molar-refractivity contribution in [3.05, 3.63) is 102 Å². The number of carbonyl (C=O) groups excluding carboxylic acids is 2. The van der Waals surface area contributed by atoms with Crippen LogP contribution in [-0.4, -0.2) is 22.6 Å². The Labute approximate surface area is 219 Å². The maximum atomic E-state index is 12.1. The summed E-state index contributed by atoms with van der Waals surface area (Å²) in [6.45, 7) is 15.8. The number of hydrogen-bond donors (Lipinski definition) is 1. The fraction of sp³-hybridized carbons (Fsp3) is 0.250. The quantitative estimate of drug-likeness (QED) is 0.195. The lowest BCUT2D eigenvalue weighted by atomic mass is 9.91. The van der Waals surface area contributed by atoms with Gasteiger partial charge in [-0.1, -0.05) is 74.7 Å². The summed E-state index contributed by atoms with van der Waals surface area (Å²) in [5, 5.41) is 10.6. The molecule has 3 aromatic rings. The molecule has 1 atom stereocenters. The Balaban J connectivity index is 1.86. The highest BCUT2D eigenvalue weighted by Crippen LogP contribution is 2.34. The molecule has 1 unspecified atom stereocenters. The van der Waals surface area contributed by atoms with E-state index >= 15 is 0 Å². The monoisotopic (exact) mass is 498 g/mol. The van der Waals surface area contributed by atoms with Gasteiger partial charge in [-0.2, -0.15) is 0 Å². The van der Waals surface area contributed by atoms with Crippen LogP contribution in [0.4, 0.5) is 0 Å². The van der Waals surface area contributed by atoms with Crippen LogP contribution >= 0.6 is 0 Å². The van der Waals surface area contributed by atoms with Crippen molar-refractivity contribution in [1.82, 2.24) is 0 Å². The van der Waals surface area contributed by atoms with E-state index in [-0.39, 0.29) is 5.57 Å². The third-order valence-corrected chi connectivity index (χ3v) is 5.97. The van der Waals surface area contributed by atoms with Gasteiger partial charge in [-0.05, 0) is 79.6 Å². The van der Waals surface area contributed by atoms with Crippen LogP contribution in [0.15, 0.2) is 91.0 Å². The Bertz CT molecular complexity index is 1310. The van der Waals surface area contributed by atoms with Gasteiger partial charge >= 0.3 is 11.9 Å². The fourth-order valence-electron chi connectivity index (χ4n) is 3.92. The van der Waals surface area contributed by atoms with Gasteiger partial charge in [0.25, 0.3) is 0 Å². The first-order chi connectivity index (χ1) is 17.4. The molecule has 0 saturated carbocycles. The van der Waals surface area contributed by atoms with Crippen LogP contribution in [0.5, 0.6) is 5.75 Å². The number of rotatable bonds is 9. The lowest BCUT2D eigenvalue weighted by Crippen LogP contribution is -2.32. The third kappa shape index (κ3) is 6.83. The molecule has 0 amide bonds. The molecule has 0 saturated heterocycles. The van der Waals surface area contributed by atoms with E-state index in [1.54, 1.807) is 39.8 Å². The Hall–Kier alpha value is -3.96. The van der Waals surface area contributed by atoms with Gasteiger partial charge in [-0.15, -0.1) is 0 Å². The second-order valence-corrected chi connectivity index (χ2v) is 9.76. The summed E-state index contributed by atoms with van der Waals surface area (Å²) >= 11 is 0. The van der Waals surface area contributed by atoms with Gasteiger partial charge in [-0.25, -0.2) is 9.59 Å². The Morgan fingerprint density at radius 3 is 1.89 bits per heavy atom. The molecular formula is C32H34O5. The van der Waals surface area contributed by atoms with Crippen molar-refractivity contribution in [3.63, 3.8) is 0 Å². The second-order valence-electron chi connectivity index (χ2n) is 9.76. The zero-order valence-corrected chi connectivity index (χ0v) is 22.1. The topological polar surface area (TPSA) is 72.8 Å². The van der Waals surface area contributed by atoms with Crippen LogP contribution < -0.4 is 4.74 Å². The van der Waals surface area contributed by atoms with Crippen molar-refractivity contribution in [3.8, 4) is 28.0 Å². The van der Waals surface area contributed by atoms with Gasteiger partial charge in [0.1, 0.15) is 11.4 Å². The van der Waals surface area contributed by atoms with Crippen LogP contribution in [0.25, 0.3) is 22.3 Å². The number of carbonyl (C=O) groups is 2. The number of benzene rings is 3. The van der Waals surface area contributed by atoms with Crippen LogP contribution in [0, 0.1) is 0 Å². The van der Waals surface area contributed by atoms with Crippen LogP contribution in [0.1, 0.15) is 51.8 Å². The summed E-state index contributed by atoms with van der Waals surface area (Å²) in [6, 6.07) is 21.4. The Morgan fingerprint density at radius 2 is 1.38 bits per heavy atom. The average Bonchev–Trinajstić information content (AvgIpc) is 2.86. The van der Waals surface area contributed by atoms with Gasteiger partial charge in [0, 0.05) is 11.1 Å². The molecule has 5 nitrogen and oxygen atoms in total. The van der Waals surface area contributed by atoms with Gasteiger partial charge in [0.15, 0.2) is 6.10 Å². The Morgan fingerprint density at radius 1 is 0.838 bits per heavy atom. The molecule has 0 aliphatic heterocycles. The molecule has 192 valence electrons. The van der Waals surface area contributed by atoms with Gasteiger partial charge in [0.05, 0.1) is 0 Å². The van der Waals surface area contributed by atoms with Crippen LogP contribution in [-0.2, 0) is 20.7 Å². The molecule has 0 spiro atoms. The van der Waals surface area contributed by atoms with Crippen molar-refractivity contribution in [2.75, 3.05) is 0 Å². The van der Waals surface area contributed by atoms with Gasteiger partial charge in [-0.3, -0.25) is 0 Å². The normalized spacial score (nSPS) is 11.9. The number of hydrogen-bond acceptors (Lipinski definition) is 5. The highest BCUT2D eigenvalue weighted by Gasteiger charge is 2.32.